The molecule has 2 aliphatic heterocycles. The van der Waals surface area contributed by atoms with Crippen molar-refractivity contribution in [1.29, 1.82) is 0 Å². The Bertz CT molecular complexity index is 598. The molecule has 106 valence electrons. The third kappa shape index (κ3) is 1.49. The number of phenols is 1. The van der Waals surface area contributed by atoms with Crippen LogP contribution in [0.15, 0.2) is 24.3 Å². The van der Waals surface area contributed by atoms with Crippen molar-refractivity contribution >= 4 is 0 Å². The van der Waals surface area contributed by atoms with Crippen molar-refractivity contribution in [3.05, 3.63) is 35.4 Å². The van der Waals surface area contributed by atoms with Crippen LogP contribution in [0.1, 0.15) is 24.0 Å². The first-order valence-corrected chi connectivity index (χ1v) is 7.18. The van der Waals surface area contributed by atoms with E-state index in [0.29, 0.717) is 12.2 Å². The van der Waals surface area contributed by atoms with Gasteiger partial charge in [-0.1, -0.05) is 18.2 Å². The largest absolute Gasteiger partial charge is 0.504 e. The third-order valence-electron chi connectivity index (χ3n) is 4.94. The second kappa shape index (κ2) is 3.99. The number of hydrogen-bond acceptors (Lipinski definition) is 4. The predicted octanol–water partition coefficient (Wildman–Crippen LogP) is 1.55. The summed E-state index contributed by atoms with van der Waals surface area (Å²) in [6.45, 7) is 1.85. The van der Waals surface area contributed by atoms with E-state index in [1.54, 1.807) is 6.07 Å². The molecule has 0 amide bonds. The Hall–Kier alpha value is -1.52. The van der Waals surface area contributed by atoms with Crippen LogP contribution in [0.3, 0.4) is 0 Å². The average molecular weight is 273 g/mol. The lowest BCUT2D eigenvalue weighted by atomic mass is 9.69. The van der Waals surface area contributed by atoms with Gasteiger partial charge in [-0.15, -0.1) is 0 Å². The maximum Gasteiger partial charge on any atom is 0.165 e. The highest BCUT2D eigenvalue weighted by Gasteiger charge is 2.52. The first-order valence-electron chi connectivity index (χ1n) is 7.18. The van der Waals surface area contributed by atoms with Crippen molar-refractivity contribution in [3.8, 4) is 11.5 Å². The van der Waals surface area contributed by atoms with Gasteiger partial charge in [0.15, 0.2) is 11.5 Å². The summed E-state index contributed by atoms with van der Waals surface area (Å²) in [5.41, 5.74) is 2.17. The van der Waals surface area contributed by atoms with Crippen LogP contribution < -0.4 is 4.74 Å². The van der Waals surface area contributed by atoms with Gasteiger partial charge in [-0.3, -0.25) is 0 Å². The van der Waals surface area contributed by atoms with Gasteiger partial charge in [0.1, 0.15) is 6.10 Å². The van der Waals surface area contributed by atoms with Gasteiger partial charge in [0.05, 0.1) is 11.5 Å². The van der Waals surface area contributed by atoms with Gasteiger partial charge in [-0.25, -0.2) is 0 Å². The van der Waals surface area contributed by atoms with Gasteiger partial charge in [-0.05, 0) is 31.6 Å². The lowest BCUT2D eigenvalue weighted by Gasteiger charge is -2.35. The van der Waals surface area contributed by atoms with Crippen LogP contribution in [-0.2, 0) is 12.0 Å². The molecule has 20 heavy (non-hydrogen) atoms. The van der Waals surface area contributed by atoms with E-state index >= 15 is 0 Å². The standard InChI is InChI=1S/C16H19NO3/c1-17-7-6-16-5-4-11(18)8-13(16)20-15-12(19)3-2-10(9-17)14(15)16/h2-5,11,13,18-19H,6-9H2,1H3/t11-,13-,16-/m1/s1. The molecule has 4 rings (SSSR count). The fourth-order valence-corrected chi connectivity index (χ4v) is 3.93. The van der Waals surface area contributed by atoms with Crippen molar-refractivity contribution in [2.24, 2.45) is 0 Å². The third-order valence-corrected chi connectivity index (χ3v) is 4.94. The van der Waals surface area contributed by atoms with Crippen LogP contribution in [0.25, 0.3) is 0 Å². The SMILES string of the molecule is CN1CC[C@]23C=C[C@@H](O)C[C@H]2Oc2c(O)ccc(c23)C1. The summed E-state index contributed by atoms with van der Waals surface area (Å²) >= 11 is 0. The van der Waals surface area contributed by atoms with Gasteiger partial charge < -0.3 is 19.8 Å². The molecule has 4 nitrogen and oxygen atoms in total. The smallest absolute Gasteiger partial charge is 0.165 e. The molecule has 2 heterocycles. The van der Waals surface area contributed by atoms with Crippen molar-refractivity contribution in [1.82, 2.24) is 4.90 Å². The fourth-order valence-electron chi connectivity index (χ4n) is 3.93. The van der Waals surface area contributed by atoms with E-state index in [-0.39, 0.29) is 17.3 Å². The number of aliphatic hydroxyl groups excluding tert-OH is 1. The molecular formula is C16H19NO3. The number of hydrogen-bond donors (Lipinski definition) is 2. The summed E-state index contributed by atoms with van der Waals surface area (Å²) in [6, 6.07) is 3.72. The van der Waals surface area contributed by atoms with Gasteiger partial charge in [-0.2, -0.15) is 0 Å². The van der Waals surface area contributed by atoms with Crippen LogP contribution in [-0.4, -0.2) is 40.9 Å². The quantitative estimate of drug-likeness (QED) is 0.704. The van der Waals surface area contributed by atoms with Gasteiger partial charge >= 0.3 is 0 Å². The lowest BCUT2D eigenvalue weighted by Crippen LogP contribution is -2.42. The zero-order chi connectivity index (χ0) is 13.9. The molecule has 1 aromatic rings. The van der Waals surface area contributed by atoms with Crippen LogP contribution in [0.5, 0.6) is 11.5 Å². The normalized spacial score (nSPS) is 35.1. The molecule has 1 spiro atoms. The van der Waals surface area contributed by atoms with E-state index in [4.69, 9.17) is 4.74 Å². The van der Waals surface area contributed by atoms with Crippen LogP contribution in [0.2, 0.25) is 0 Å². The number of benzene rings is 1. The number of rotatable bonds is 0. The minimum atomic E-state index is -0.452. The number of nitrogens with zero attached hydrogens (tertiary/aromatic N) is 1. The minimum absolute atomic E-state index is 0.0731. The van der Waals surface area contributed by atoms with E-state index in [9.17, 15) is 10.2 Å². The molecule has 3 aliphatic rings. The molecular weight excluding hydrogens is 254 g/mol. The summed E-state index contributed by atoms with van der Waals surface area (Å²) in [4.78, 5) is 2.30. The van der Waals surface area contributed by atoms with Crippen molar-refractivity contribution < 1.29 is 14.9 Å². The second-order valence-corrected chi connectivity index (χ2v) is 6.24. The Morgan fingerprint density at radius 2 is 2.25 bits per heavy atom. The minimum Gasteiger partial charge on any atom is -0.504 e. The summed E-state index contributed by atoms with van der Waals surface area (Å²) in [6.07, 6.45) is 5.02. The number of aliphatic hydroxyl groups is 1. The summed E-state index contributed by atoms with van der Waals surface area (Å²) in [5, 5.41) is 20.0. The Morgan fingerprint density at radius 3 is 3.10 bits per heavy atom. The Morgan fingerprint density at radius 1 is 1.40 bits per heavy atom. The van der Waals surface area contributed by atoms with E-state index in [0.717, 1.165) is 25.1 Å². The molecule has 0 radical (unpaired) electrons. The molecule has 3 atom stereocenters. The fraction of sp³-hybridized carbons (Fsp3) is 0.500. The van der Waals surface area contributed by atoms with Gasteiger partial charge in [0.25, 0.3) is 0 Å². The molecule has 0 saturated heterocycles. The van der Waals surface area contributed by atoms with E-state index < -0.39 is 6.10 Å². The highest BCUT2D eigenvalue weighted by molar-refractivity contribution is 5.60. The van der Waals surface area contributed by atoms with Crippen molar-refractivity contribution in [2.75, 3.05) is 13.6 Å². The van der Waals surface area contributed by atoms with E-state index in [1.165, 1.54) is 5.56 Å². The molecule has 4 heteroatoms. The Labute approximate surface area is 118 Å². The molecule has 0 saturated carbocycles. The lowest BCUT2D eigenvalue weighted by molar-refractivity contribution is 0.0822. The first-order chi connectivity index (χ1) is 9.60. The molecule has 2 N–H and O–H groups in total. The number of ether oxygens (including phenoxy) is 1. The Balaban J connectivity index is 1.96. The topological polar surface area (TPSA) is 52.9 Å². The molecule has 0 aromatic heterocycles. The van der Waals surface area contributed by atoms with Crippen LogP contribution in [0.4, 0.5) is 0 Å². The average Bonchev–Trinajstić information content (AvgIpc) is 2.68. The zero-order valence-corrected chi connectivity index (χ0v) is 11.5. The summed E-state index contributed by atoms with van der Waals surface area (Å²) in [5.74, 6) is 0.839. The predicted molar refractivity (Wildman–Crippen MR) is 74.9 cm³/mol. The van der Waals surface area contributed by atoms with Crippen molar-refractivity contribution in [3.63, 3.8) is 0 Å². The number of phenolic OH excluding ortho intramolecular Hbond substituents is 1. The van der Waals surface area contributed by atoms with Crippen LogP contribution >= 0.6 is 0 Å². The maximum atomic E-state index is 10.1. The number of aromatic hydroxyl groups is 1. The maximum absolute atomic E-state index is 10.1. The summed E-state index contributed by atoms with van der Waals surface area (Å²) in [7, 11) is 2.12. The molecule has 0 unspecified atom stereocenters. The van der Waals surface area contributed by atoms with E-state index in [1.807, 2.05) is 12.1 Å². The van der Waals surface area contributed by atoms with Gasteiger partial charge in [0.2, 0.25) is 0 Å². The van der Waals surface area contributed by atoms with Crippen LogP contribution in [0, 0.1) is 0 Å². The second-order valence-electron chi connectivity index (χ2n) is 6.24. The summed E-state index contributed by atoms with van der Waals surface area (Å²) < 4.78 is 6.04. The molecule has 0 bridgehead atoms. The highest BCUT2D eigenvalue weighted by atomic mass is 16.5. The van der Waals surface area contributed by atoms with E-state index in [2.05, 4.69) is 18.0 Å². The molecule has 0 fully saturated rings. The molecule has 1 aliphatic carbocycles. The van der Waals surface area contributed by atoms with Crippen molar-refractivity contribution in [2.45, 2.75) is 37.0 Å². The van der Waals surface area contributed by atoms with Gasteiger partial charge in [0, 0.05) is 18.5 Å². The highest BCUT2D eigenvalue weighted by Crippen LogP contribution is 2.55. The molecule has 1 aromatic carbocycles. The first kappa shape index (κ1) is 12.2. The monoisotopic (exact) mass is 273 g/mol. The Kier molecular flexibility index (Phi) is 2.44. The zero-order valence-electron chi connectivity index (χ0n) is 11.5.